The van der Waals surface area contributed by atoms with Gasteiger partial charge in [-0.3, -0.25) is 4.79 Å². The highest BCUT2D eigenvalue weighted by atomic mass is 16.5. The largest absolute Gasteiger partial charge is 0.462 e. The third kappa shape index (κ3) is 6.90. The second kappa shape index (κ2) is 9.13. The van der Waals surface area contributed by atoms with Gasteiger partial charge in [-0.05, 0) is 43.1 Å². The quantitative estimate of drug-likeness (QED) is 0.570. The Labute approximate surface area is 126 Å². The van der Waals surface area contributed by atoms with Crippen molar-refractivity contribution in [1.82, 2.24) is 5.32 Å². The van der Waals surface area contributed by atoms with E-state index in [1.54, 1.807) is 24.3 Å². The molecular weight excluding hydrogens is 268 g/mol. The standard InChI is InChI=1S/C16H24N2O3/c1-4-9-17-10-15(19)18-14-7-5-13(6-8-14)16(20)21-11-12(2)3/h5-8,12,17H,4,9-11H2,1-3H3,(H,18,19). The Morgan fingerprint density at radius 2 is 1.86 bits per heavy atom. The van der Waals surface area contributed by atoms with Crippen molar-refractivity contribution in [2.75, 3.05) is 25.0 Å². The average molecular weight is 292 g/mol. The van der Waals surface area contributed by atoms with Gasteiger partial charge in [0.15, 0.2) is 0 Å². The summed E-state index contributed by atoms with van der Waals surface area (Å²) in [6.07, 6.45) is 0.987. The Morgan fingerprint density at radius 3 is 2.43 bits per heavy atom. The lowest BCUT2D eigenvalue weighted by atomic mass is 10.2. The maximum absolute atomic E-state index is 11.7. The zero-order valence-electron chi connectivity index (χ0n) is 12.9. The molecule has 2 N–H and O–H groups in total. The fourth-order valence-electron chi connectivity index (χ4n) is 1.60. The van der Waals surface area contributed by atoms with Gasteiger partial charge in [0, 0.05) is 5.69 Å². The van der Waals surface area contributed by atoms with Gasteiger partial charge in [0.2, 0.25) is 5.91 Å². The molecule has 1 rings (SSSR count). The zero-order chi connectivity index (χ0) is 15.7. The lowest BCUT2D eigenvalue weighted by molar-refractivity contribution is -0.115. The summed E-state index contributed by atoms with van der Waals surface area (Å²) in [6.45, 7) is 7.51. The molecule has 5 nitrogen and oxygen atoms in total. The fourth-order valence-corrected chi connectivity index (χ4v) is 1.60. The number of rotatable bonds is 8. The van der Waals surface area contributed by atoms with Gasteiger partial charge in [0.1, 0.15) is 0 Å². The predicted molar refractivity (Wildman–Crippen MR) is 83.4 cm³/mol. The van der Waals surface area contributed by atoms with Crippen LogP contribution in [0.25, 0.3) is 0 Å². The number of carbonyl (C=O) groups excluding carboxylic acids is 2. The Balaban J connectivity index is 2.46. The average Bonchev–Trinajstić information content (AvgIpc) is 2.45. The van der Waals surface area contributed by atoms with Crippen molar-refractivity contribution < 1.29 is 14.3 Å². The van der Waals surface area contributed by atoms with Crippen molar-refractivity contribution >= 4 is 17.6 Å². The van der Waals surface area contributed by atoms with Crippen LogP contribution in [-0.2, 0) is 9.53 Å². The molecule has 0 aliphatic heterocycles. The van der Waals surface area contributed by atoms with Gasteiger partial charge in [-0.25, -0.2) is 4.79 Å². The van der Waals surface area contributed by atoms with E-state index >= 15 is 0 Å². The highest BCUT2D eigenvalue weighted by Gasteiger charge is 2.08. The number of hydrogen-bond acceptors (Lipinski definition) is 4. The van der Waals surface area contributed by atoms with Crippen molar-refractivity contribution in [2.45, 2.75) is 27.2 Å². The molecule has 116 valence electrons. The van der Waals surface area contributed by atoms with Crippen molar-refractivity contribution in [3.05, 3.63) is 29.8 Å². The van der Waals surface area contributed by atoms with Crippen LogP contribution in [0.15, 0.2) is 24.3 Å². The van der Waals surface area contributed by atoms with E-state index in [0.717, 1.165) is 13.0 Å². The molecule has 1 amide bonds. The molecule has 0 spiro atoms. The molecule has 0 unspecified atom stereocenters. The van der Waals surface area contributed by atoms with E-state index in [-0.39, 0.29) is 18.4 Å². The van der Waals surface area contributed by atoms with Crippen LogP contribution in [0.1, 0.15) is 37.6 Å². The van der Waals surface area contributed by atoms with E-state index in [0.29, 0.717) is 23.8 Å². The number of nitrogens with one attached hydrogen (secondary N) is 2. The highest BCUT2D eigenvalue weighted by molar-refractivity contribution is 5.93. The summed E-state index contributed by atoms with van der Waals surface area (Å²) >= 11 is 0. The van der Waals surface area contributed by atoms with Crippen LogP contribution < -0.4 is 10.6 Å². The third-order valence-corrected chi connectivity index (χ3v) is 2.66. The molecule has 0 bridgehead atoms. The normalized spacial score (nSPS) is 10.5. The van der Waals surface area contributed by atoms with Crippen LogP contribution in [0.2, 0.25) is 0 Å². The van der Waals surface area contributed by atoms with Gasteiger partial charge in [-0.2, -0.15) is 0 Å². The predicted octanol–water partition coefficient (Wildman–Crippen LogP) is 2.44. The van der Waals surface area contributed by atoms with Gasteiger partial charge >= 0.3 is 5.97 Å². The molecule has 0 saturated heterocycles. The molecule has 0 radical (unpaired) electrons. The van der Waals surface area contributed by atoms with Gasteiger partial charge < -0.3 is 15.4 Å². The maximum Gasteiger partial charge on any atom is 0.338 e. The summed E-state index contributed by atoms with van der Waals surface area (Å²) in [4.78, 5) is 23.4. The lowest BCUT2D eigenvalue weighted by Gasteiger charge is -2.09. The molecule has 5 heteroatoms. The van der Waals surface area contributed by atoms with E-state index in [4.69, 9.17) is 4.74 Å². The van der Waals surface area contributed by atoms with E-state index in [2.05, 4.69) is 10.6 Å². The SMILES string of the molecule is CCCNCC(=O)Nc1ccc(C(=O)OCC(C)C)cc1. The smallest absolute Gasteiger partial charge is 0.338 e. The van der Waals surface area contributed by atoms with Crippen LogP contribution in [0.3, 0.4) is 0 Å². The number of amides is 1. The Morgan fingerprint density at radius 1 is 1.19 bits per heavy atom. The van der Waals surface area contributed by atoms with E-state index in [9.17, 15) is 9.59 Å². The number of esters is 1. The van der Waals surface area contributed by atoms with Gasteiger partial charge in [-0.15, -0.1) is 0 Å². The minimum Gasteiger partial charge on any atom is -0.462 e. The summed E-state index contributed by atoms with van der Waals surface area (Å²) in [6, 6.07) is 6.70. The minimum absolute atomic E-state index is 0.0985. The lowest BCUT2D eigenvalue weighted by Crippen LogP contribution is -2.28. The number of anilines is 1. The zero-order valence-corrected chi connectivity index (χ0v) is 12.9. The Kier molecular flexibility index (Phi) is 7.46. The molecule has 0 aliphatic carbocycles. The topological polar surface area (TPSA) is 67.4 Å². The van der Waals surface area contributed by atoms with E-state index in [1.807, 2.05) is 20.8 Å². The van der Waals surface area contributed by atoms with E-state index in [1.165, 1.54) is 0 Å². The summed E-state index contributed by atoms with van der Waals surface area (Å²) in [5, 5.41) is 5.79. The Hall–Kier alpha value is -1.88. The van der Waals surface area contributed by atoms with Crippen LogP contribution >= 0.6 is 0 Å². The summed E-state index contributed by atoms with van der Waals surface area (Å²) in [5.74, 6) is -0.132. The second-order valence-electron chi connectivity index (χ2n) is 5.29. The minimum atomic E-state index is -0.341. The number of benzene rings is 1. The molecule has 1 aromatic carbocycles. The molecule has 0 heterocycles. The first-order valence-corrected chi connectivity index (χ1v) is 7.30. The summed E-state index contributed by atoms with van der Waals surface area (Å²) in [7, 11) is 0. The first-order valence-electron chi connectivity index (χ1n) is 7.30. The van der Waals surface area contributed by atoms with Crippen molar-refractivity contribution in [1.29, 1.82) is 0 Å². The molecule has 21 heavy (non-hydrogen) atoms. The molecule has 0 aliphatic rings. The van der Waals surface area contributed by atoms with Crippen LogP contribution in [0.5, 0.6) is 0 Å². The highest BCUT2D eigenvalue weighted by Crippen LogP contribution is 2.11. The van der Waals surface area contributed by atoms with Crippen molar-refractivity contribution in [2.24, 2.45) is 5.92 Å². The third-order valence-electron chi connectivity index (χ3n) is 2.66. The van der Waals surface area contributed by atoms with Gasteiger partial charge in [0.25, 0.3) is 0 Å². The van der Waals surface area contributed by atoms with Gasteiger partial charge in [0.05, 0.1) is 18.7 Å². The number of carbonyl (C=O) groups is 2. The summed E-state index contributed by atoms with van der Waals surface area (Å²) in [5.41, 5.74) is 1.15. The monoisotopic (exact) mass is 292 g/mol. The Bertz CT molecular complexity index is 455. The molecule has 0 fully saturated rings. The molecule has 0 aromatic heterocycles. The van der Waals surface area contributed by atoms with Crippen LogP contribution in [0.4, 0.5) is 5.69 Å². The van der Waals surface area contributed by atoms with Crippen molar-refractivity contribution in [3.8, 4) is 0 Å². The van der Waals surface area contributed by atoms with Gasteiger partial charge in [-0.1, -0.05) is 20.8 Å². The first kappa shape index (κ1) is 17.2. The fraction of sp³-hybridized carbons (Fsp3) is 0.500. The second-order valence-corrected chi connectivity index (χ2v) is 5.29. The molecule has 0 atom stereocenters. The number of ether oxygens (including phenoxy) is 1. The maximum atomic E-state index is 11.7. The molecule has 0 saturated carbocycles. The van der Waals surface area contributed by atoms with Crippen molar-refractivity contribution in [3.63, 3.8) is 0 Å². The molecule has 1 aromatic rings. The van der Waals surface area contributed by atoms with Crippen LogP contribution in [0, 0.1) is 5.92 Å². The summed E-state index contributed by atoms with van der Waals surface area (Å²) < 4.78 is 5.14. The molecular formula is C16H24N2O3. The number of hydrogen-bond donors (Lipinski definition) is 2. The van der Waals surface area contributed by atoms with Crippen LogP contribution in [-0.4, -0.2) is 31.6 Å². The first-order chi connectivity index (χ1) is 10.0. The van der Waals surface area contributed by atoms with E-state index < -0.39 is 0 Å².